The molecule has 3 aromatic rings. The molecule has 2 heterocycles. The van der Waals surface area contributed by atoms with Crippen molar-refractivity contribution < 1.29 is 9.59 Å². The lowest BCUT2D eigenvalue weighted by atomic mass is 9.94. The zero-order valence-electron chi connectivity index (χ0n) is 15.2. The van der Waals surface area contributed by atoms with Gasteiger partial charge in [-0.05, 0) is 35.4 Å². The van der Waals surface area contributed by atoms with Crippen molar-refractivity contribution in [2.45, 2.75) is 13.0 Å². The Morgan fingerprint density at radius 2 is 1.81 bits per heavy atom. The number of hydrogen-bond acceptors (Lipinski definition) is 2. The second kappa shape index (κ2) is 7.23. The molecule has 1 aliphatic rings. The number of hydrogen-bond donors (Lipinski definition) is 0. The van der Waals surface area contributed by atoms with Gasteiger partial charge in [-0.2, -0.15) is 0 Å². The molecular formula is C23H22N2O2. The fraction of sp³-hybridized carbons (Fsp3) is 0.217. The predicted molar refractivity (Wildman–Crippen MR) is 107 cm³/mol. The van der Waals surface area contributed by atoms with E-state index in [1.807, 2.05) is 29.0 Å². The number of benzene rings is 2. The first-order valence-corrected chi connectivity index (χ1v) is 9.21. The van der Waals surface area contributed by atoms with Crippen molar-refractivity contribution in [3.63, 3.8) is 0 Å². The highest BCUT2D eigenvalue weighted by molar-refractivity contribution is 5.89. The number of carbonyl (C=O) groups is 2. The van der Waals surface area contributed by atoms with Gasteiger partial charge in [0.05, 0.1) is 6.54 Å². The van der Waals surface area contributed by atoms with Crippen LogP contribution in [0.5, 0.6) is 0 Å². The average molecular weight is 358 g/mol. The minimum atomic E-state index is -0.0516. The Balaban J connectivity index is 1.42. The van der Waals surface area contributed by atoms with Crippen LogP contribution < -0.4 is 0 Å². The third-order valence-electron chi connectivity index (χ3n) is 5.18. The highest BCUT2D eigenvalue weighted by Gasteiger charge is 2.30. The van der Waals surface area contributed by atoms with Crippen LogP contribution in [0.1, 0.15) is 6.42 Å². The first-order valence-electron chi connectivity index (χ1n) is 9.21. The Kier molecular flexibility index (Phi) is 4.63. The van der Waals surface area contributed by atoms with Crippen LogP contribution >= 0.6 is 0 Å². The van der Waals surface area contributed by atoms with Gasteiger partial charge < -0.3 is 9.47 Å². The molecule has 1 aromatic heterocycles. The molecule has 0 radical (unpaired) electrons. The first-order chi connectivity index (χ1) is 13.1. The van der Waals surface area contributed by atoms with E-state index < -0.39 is 0 Å². The zero-order chi connectivity index (χ0) is 18.8. The summed E-state index contributed by atoms with van der Waals surface area (Å²) in [6, 6.07) is 18.7. The van der Waals surface area contributed by atoms with Gasteiger partial charge in [-0.3, -0.25) is 9.59 Å². The van der Waals surface area contributed by atoms with Gasteiger partial charge in [0.15, 0.2) is 5.78 Å². The fourth-order valence-electron chi connectivity index (χ4n) is 3.73. The maximum atomic E-state index is 12.4. The molecule has 2 aromatic carbocycles. The summed E-state index contributed by atoms with van der Waals surface area (Å²) in [6.07, 6.45) is 3.82. The zero-order valence-corrected chi connectivity index (χ0v) is 15.2. The molecule has 0 unspecified atom stereocenters. The summed E-state index contributed by atoms with van der Waals surface area (Å²) in [6.45, 7) is 5.18. The predicted octanol–water partition coefficient (Wildman–Crippen LogP) is 3.91. The van der Waals surface area contributed by atoms with Crippen molar-refractivity contribution in [2.75, 3.05) is 13.1 Å². The molecule has 27 heavy (non-hydrogen) atoms. The molecule has 0 spiro atoms. The van der Waals surface area contributed by atoms with Crippen molar-refractivity contribution in [1.82, 2.24) is 9.47 Å². The monoisotopic (exact) mass is 358 g/mol. The van der Waals surface area contributed by atoms with Gasteiger partial charge in [-0.25, -0.2) is 0 Å². The molecule has 0 atom stereocenters. The lowest BCUT2D eigenvalue weighted by Crippen LogP contribution is -2.50. The smallest absolute Gasteiger partial charge is 0.245 e. The highest BCUT2D eigenvalue weighted by atomic mass is 16.2. The van der Waals surface area contributed by atoms with Crippen LogP contribution in [0.25, 0.3) is 22.0 Å². The molecule has 4 nitrogen and oxygen atoms in total. The van der Waals surface area contributed by atoms with Gasteiger partial charge in [0.1, 0.15) is 0 Å². The van der Waals surface area contributed by atoms with Crippen molar-refractivity contribution in [1.29, 1.82) is 0 Å². The second-order valence-corrected chi connectivity index (χ2v) is 7.14. The summed E-state index contributed by atoms with van der Waals surface area (Å²) < 4.78 is 2.01. The fourth-order valence-corrected chi connectivity index (χ4v) is 3.73. The third-order valence-corrected chi connectivity index (χ3v) is 5.18. The standard InChI is InChI=1S/C23H22N2O2/c1-2-23(27)25-14-17(15-25)12-21(26)16-24-11-10-20-13-19(8-9-22(20)24)18-6-4-3-5-7-18/h2-11,13,17H,1,12,14-16H2. The number of ketones is 1. The van der Waals surface area contributed by atoms with Gasteiger partial charge >= 0.3 is 0 Å². The number of amides is 1. The molecule has 1 aliphatic heterocycles. The molecular weight excluding hydrogens is 336 g/mol. The van der Waals surface area contributed by atoms with Crippen LogP contribution in [-0.4, -0.2) is 34.2 Å². The van der Waals surface area contributed by atoms with E-state index in [-0.39, 0.29) is 17.6 Å². The van der Waals surface area contributed by atoms with Gasteiger partial charge in [0.2, 0.25) is 5.91 Å². The van der Waals surface area contributed by atoms with Crippen LogP contribution in [0.4, 0.5) is 0 Å². The molecule has 0 N–H and O–H groups in total. The van der Waals surface area contributed by atoms with E-state index in [9.17, 15) is 9.59 Å². The lowest BCUT2D eigenvalue weighted by molar-refractivity contribution is -0.134. The molecule has 4 heteroatoms. The average Bonchev–Trinajstić information content (AvgIpc) is 3.06. The van der Waals surface area contributed by atoms with Gasteiger partial charge in [0, 0.05) is 42.5 Å². The Morgan fingerprint density at radius 3 is 2.56 bits per heavy atom. The summed E-state index contributed by atoms with van der Waals surface area (Å²) >= 11 is 0. The molecule has 1 amide bonds. The van der Waals surface area contributed by atoms with Gasteiger partial charge in [-0.15, -0.1) is 0 Å². The lowest BCUT2D eigenvalue weighted by Gasteiger charge is -2.38. The quantitative estimate of drug-likeness (QED) is 0.627. The summed E-state index contributed by atoms with van der Waals surface area (Å²) in [5.74, 6) is 0.424. The third kappa shape index (κ3) is 3.56. The number of fused-ring (bicyclic) bond motifs is 1. The van der Waals surface area contributed by atoms with Gasteiger partial charge in [0.25, 0.3) is 0 Å². The number of Topliss-reactive ketones (excluding diaryl/α,β-unsaturated/α-hetero) is 1. The van der Waals surface area contributed by atoms with E-state index in [2.05, 4.69) is 43.0 Å². The number of rotatable bonds is 6. The van der Waals surface area contributed by atoms with E-state index in [0.29, 0.717) is 26.1 Å². The van der Waals surface area contributed by atoms with E-state index in [1.165, 1.54) is 17.2 Å². The summed E-state index contributed by atoms with van der Waals surface area (Å²) in [5, 5.41) is 1.13. The molecule has 1 saturated heterocycles. The van der Waals surface area contributed by atoms with Crippen LogP contribution in [-0.2, 0) is 16.1 Å². The Bertz CT molecular complexity index is 998. The minimum absolute atomic E-state index is 0.0516. The normalized spacial score (nSPS) is 14.1. The highest BCUT2D eigenvalue weighted by Crippen LogP contribution is 2.26. The number of nitrogens with zero attached hydrogens (tertiary/aromatic N) is 2. The Labute approximate surface area is 158 Å². The molecule has 0 aliphatic carbocycles. The van der Waals surface area contributed by atoms with E-state index in [1.54, 1.807) is 4.90 Å². The molecule has 0 saturated carbocycles. The molecule has 136 valence electrons. The topological polar surface area (TPSA) is 42.3 Å². The summed E-state index contributed by atoms with van der Waals surface area (Å²) in [7, 11) is 0. The Morgan fingerprint density at radius 1 is 1.04 bits per heavy atom. The van der Waals surface area contributed by atoms with Crippen molar-refractivity contribution in [2.24, 2.45) is 5.92 Å². The van der Waals surface area contributed by atoms with E-state index in [0.717, 1.165) is 10.9 Å². The van der Waals surface area contributed by atoms with E-state index in [4.69, 9.17) is 0 Å². The molecule has 4 rings (SSSR count). The summed E-state index contributed by atoms with van der Waals surface area (Å²) in [5.41, 5.74) is 3.43. The number of carbonyl (C=O) groups excluding carboxylic acids is 2. The minimum Gasteiger partial charge on any atom is -0.340 e. The molecule has 0 bridgehead atoms. The Hall–Kier alpha value is -3.14. The van der Waals surface area contributed by atoms with Crippen molar-refractivity contribution in [3.05, 3.63) is 73.4 Å². The molecule has 1 fully saturated rings. The first kappa shape index (κ1) is 17.3. The summed E-state index contributed by atoms with van der Waals surface area (Å²) in [4.78, 5) is 25.6. The van der Waals surface area contributed by atoms with Crippen LogP contribution in [0.3, 0.4) is 0 Å². The van der Waals surface area contributed by atoms with Crippen LogP contribution in [0.15, 0.2) is 73.4 Å². The van der Waals surface area contributed by atoms with Gasteiger partial charge in [-0.1, -0.05) is 43.0 Å². The number of aromatic nitrogens is 1. The van der Waals surface area contributed by atoms with Crippen molar-refractivity contribution in [3.8, 4) is 11.1 Å². The largest absolute Gasteiger partial charge is 0.340 e. The second-order valence-electron chi connectivity index (χ2n) is 7.14. The maximum absolute atomic E-state index is 12.4. The maximum Gasteiger partial charge on any atom is 0.245 e. The van der Waals surface area contributed by atoms with E-state index >= 15 is 0 Å². The SMILES string of the molecule is C=CC(=O)N1CC(CC(=O)Cn2ccc3cc(-c4ccccc4)ccc32)C1. The van der Waals surface area contributed by atoms with Crippen molar-refractivity contribution >= 4 is 22.6 Å². The van der Waals surface area contributed by atoms with Crippen LogP contribution in [0, 0.1) is 5.92 Å². The van der Waals surface area contributed by atoms with Crippen LogP contribution in [0.2, 0.25) is 0 Å². The number of likely N-dealkylation sites (tertiary alicyclic amines) is 1.